The van der Waals surface area contributed by atoms with Crippen LogP contribution in [0.4, 0.5) is 0 Å². The van der Waals surface area contributed by atoms with Gasteiger partial charge in [0.2, 0.25) is 0 Å². The number of nitrogens with one attached hydrogen (secondary N) is 3. The first-order valence-corrected chi connectivity index (χ1v) is 8.98. The lowest BCUT2D eigenvalue weighted by Gasteiger charge is -2.15. The molecule has 0 spiro atoms. The highest BCUT2D eigenvalue weighted by Crippen LogP contribution is 2.26. The second-order valence-corrected chi connectivity index (χ2v) is 7.22. The minimum Gasteiger partial charge on any atom is -0.350 e. The Morgan fingerprint density at radius 2 is 2.08 bits per heavy atom. The van der Waals surface area contributed by atoms with Crippen LogP contribution >= 0.6 is 0 Å². The van der Waals surface area contributed by atoms with Gasteiger partial charge in [0.15, 0.2) is 0 Å². The molecule has 0 fully saturated rings. The van der Waals surface area contributed by atoms with Crippen molar-refractivity contribution >= 4 is 16.8 Å². The molecule has 0 saturated carbocycles. The van der Waals surface area contributed by atoms with Gasteiger partial charge in [-0.05, 0) is 50.8 Å². The molecule has 1 unspecified atom stereocenters. The molecule has 3 aromatic rings. The molecule has 0 radical (unpaired) electrons. The number of aromatic amines is 2. The van der Waals surface area contributed by atoms with Crippen molar-refractivity contribution in [3.63, 3.8) is 0 Å². The highest BCUT2D eigenvalue weighted by atomic mass is 16.2. The first-order valence-electron chi connectivity index (χ1n) is 8.98. The maximum atomic E-state index is 12.9. The van der Waals surface area contributed by atoms with E-state index in [1.807, 2.05) is 6.92 Å². The number of amides is 1. The smallest absolute Gasteiger partial charge is 0.343 e. The van der Waals surface area contributed by atoms with Crippen molar-refractivity contribution in [2.45, 2.75) is 52.6 Å². The maximum absolute atomic E-state index is 12.9. The van der Waals surface area contributed by atoms with Crippen LogP contribution in [0.15, 0.2) is 16.9 Å². The number of hydrogen-bond acceptors (Lipinski definition) is 3. The summed E-state index contributed by atoms with van der Waals surface area (Å²) in [5.74, 6) is 0.675. The summed E-state index contributed by atoms with van der Waals surface area (Å²) in [4.78, 5) is 27.9. The van der Waals surface area contributed by atoms with E-state index >= 15 is 0 Å². The molecule has 1 atom stereocenters. The molecule has 136 valence electrons. The van der Waals surface area contributed by atoms with Gasteiger partial charge in [0.25, 0.3) is 5.91 Å². The van der Waals surface area contributed by atoms with Gasteiger partial charge in [0.1, 0.15) is 11.5 Å². The van der Waals surface area contributed by atoms with E-state index in [-0.39, 0.29) is 17.6 Å². The van der Waals surface area contributed by atoms with Crippen LogP contribution < -0.4 is 11.0 Å². The van der Waals surface area contributed by atoms with Gasteiger partial charge in [-0.25, -0.2) is 9.89 Å². The van der Waals surface area contributed by atoms with Crippen molar-refractivity contribution in [2.24, 2.45) is 0 Å². The van der Waals surface area contributed by atoms with Crippen LogP contribution in [0.1, 0.15) is 45.8 Å². The van der Waals surface area contributed by atoms with Crippen LogP contribution in [0.5, 0.6) is 0 Å². The summed E-state index contributed by atoms with van der Waals surface area (Å²) in [7, 11) is 0. The minimum absolute atomic E-state index is 0.0252. The van der Waals surface area contributed by atoms with E-state index in [0.29, 0.717) is 18.7 Å². The lowest BCUT2D eigenvalue weighted by atomic mass is 10.1. The number of nitrogens with zero attached hydrogens (tertiary/aromatic N) is 2. The zero-order chi connectivity index (χ0) is 18.4. The second-order valence-electron chi connectivity index (χ2n) is 7.22. The number of aryl methyl sites for hydroxylation is 4. The Bertz CT molecular complexity index is 1060. The molecular weight excluding hydrogens is 330 g/mol. The maximum Gasteiger partial charge on any atom is 0.343 e. The first kappa shape index (κ1) is 16.6. The topological polar surface area (TPSA) is 95.6 Å². The van der Waals surface area contributed by atoms with Gasteiger partial charge in [-0.15, -0.1) is 0 Å². The number of carbonyl (C=O) groups excluding carboxylic acids is 1. The monoisotopic (exact) mass is 353 g/mol. The van der Waals surface area contributed by atoms with Gasteiger partial charge in [-0.3, -0.25) is 9.36 Å². The summed E-state index contributed by atoms with van der Waals surface area (Å²) >= 11 is 0. The zero-order valence-corrected chi connectivity index (χ0v) is 15.3. The van der Waals surface area contributed by atoms with Crippen LogP contribution in [-0.4, -0.2) is 31.7 Å². The largest absolute Gasteiger partial charge is 0.350 e. The second kappa shape index (κ2) is 6.16. The molecule has 3 N–H and O–H groups in total. The van der Waals surface area contributed by atoms with Crippen molar-refractivity contribution in [3.8, 4) is 0 Å². The predicted octanol–water partition coefficient (Wildman–Crippen LogP) is 2.11. The molecule has 1 aromatic carbocycles. The number of fused-ring (bicyclic) bond motifs is 2. The zero-order valence-electron chi connectivity index (χ0n) is 15.3. The van der Waals surface area contributed by atoms with Crippen molar-refractivity contribution in [3.05, 3.63) is 50.8 Å². The lowest BCUT2D eigenvalue weighted by Crippen LogP contribution is -2.36. The third-order valence-corrected chi connectivity index (χ3v) is 5.33. The minimum atomic E-state index is -0.177. The summed E-state index contributed by atoms with van der Waals surface area (Å²) < 4.78 is 1.66. The molecule has 7 nitrogen and oxygen atoms in total. The molecule has 1 amide bonds. The SMILES string of the molecule is Cc1cc(C)c2[nH]c(C(=O)NC3CCc4n[nH]c(=O)n4CC3)c(C)c2c1. The Kier molecular flexibility index (Phi) is 3.94. The number of rotatable bonds is 2. The van der Waals surface area contributed by atoms with E-state index in [0.717, 1.165) is 40.7 Å². The number of aromatic nitrogens is 4. The number of hydrogen-bond donors (Lipinski definition) is 3. The van der Waals surface area contributed by atoms with E-state index < -0.39 is 0 Å². The van der Waals surface area contributed by atoms with Crippen LogP contribution in [-0.2, 0) is 13.0 Å². The van der Waals surface area contributed by atoms with Gasteiger partial charge in [0, 0.05) is 29.9 Å². The van der Waals surface area contributed by atoms with E-state index in [1.165, 1.54) is 5.56 Å². The fraction of sp³-hybridized carbons (Fsp3) is 0.421. The van der Waals surface area contributed by atoms with Gasteiger partial charge in [-0.1, -0.05) is 11.6 Å². The average molecular weight is 353 g/mol. The standard InChI is InChI=1S/C19H23N5O2/c1-10-8-11(2)16-14(9-10)12(3)17(21-16)18(25)20-13-4-5-15-22-23-19(26)24(15)7-6-13/h8-9,13,21H,4-7H2,1-3H3,(H,20,25)(H,23,26). The fourth-order valence-corrected chi connectivity index (χ4v) is 3.92. The Morgan fingerprint density at radius 3 is 2.88 bits per heavy atom. The summed E-state index contributed by atoms with van der Waals surface area (Å²) in [6.07, 6.45) is 2.16. The van der Waals surface area contributed by atoms with Gasteiger partial charge >= 0.3 is 5.69 Å². The third-order valence-electron chi connectivity index (χ3n) is 5.33. The van der Waals surface area contributed by atoms with Crippen LogP contribution in [0, 0.1) is 20.8 Å². The quantitative estimate of drug-likeness (QED) is 0.658. The molecule has 26 heavy (non-hydrogen) atoms. The number of benzene rings is 1. The molecule has 3 heterocycles. The van der Waals surface area contributed by atoms with Crippen LogP contribution in [0.25, 0.3) is 10.9 Å². The first-order chi connectivity index (χ1) is 12.4. The van der Waals surface area contributed by atoms with E-state index in [2.05, 4.69) is 46.5 Å². The number of H-pyrrole nitrogens is 2. The molecule has 7 heteroatoms. The van der Waals surface area contributed by atoms with Gasteiger partial charge < -0.3 is 10.3 Å². The molecule has 2 aromatic heterocycles. The average Bonchev–Trinajstić information content (AvgIpc) is 3.03. The molecule has 0 bridgehead atoms. The molecule has 0 saturated heterocycles. The van der Waals surface area contributed by atoms with E-state index in [4.69, 9.17) is 0 Å². The Labute approximate surface area is 150 Å². The molecule has 4 rings (SSSR count). The lowest BCUT2D eigenvalue weighted by molar-refractivity contribution is 0.0928. The summed E-state index contributed by atoms with van der Waals surface area (Å²) in [5.41, 5.74) is 4.76. The molecule has 1 aliphatic rings. The van der Waals surface area contributed by atoms with Gasteiger partial charge in [0.05, 0.1) is 0 Å². The highest BCUT2D eigenvalue weighted by molar-refractivity contribution is 6.01. The van der Waals surface area contributed by atoms with E-state index in [1.54, 1.807) is 4.57 Å². The van der Waals surface area contributed by atoms with Crippen LogP contribution in [0.3, 0.4) is 0 Å². The van der Waals surface area contributed by atoms with E-state index in [9.17, 15) is 9.59 Å². The molecule has 1 aliphatic heterocycles. The molecular formula is C19H23N5O2. The van der Waals surface area contributed by atoms with Crippen molar-refractivity contribution in [1.29, 1.82) is 0 Å². The summed E-state index contributed by atoms with van der Waals surface area (Å²) in [5, 5.41) is 10.8. The van der Waals surface area contributed by atoms with Crippen LogP contribution in [0.2, 0.25) is 0 Å². The fourth-order valence-electron chi connectivity index (χ4n) is 3.92. The summed E-state index contributed by atoms with van der Waals surface area (Å²) in [6.45, 7) is 6.67. The van der Waals surface area contributed by atoms with Crippen molar-refractivity contribution in [1.82, 2.24) is 25.1 Å². The normalized spacial score (nSPS) is 17.1. The summed E-state index contributed by atoms with van der Waals surface area (Å²) in [6, 6.07) is 4.25. The Morgan fingerprint density at radius 1 is 1.27 bits per heavy atom. The predicted molar refractivity (Wildman–Crippen MR) is 99.5 cm³/mol. The Hall–Kier alpha value is -2.83. The molecule has 0 aliphatic carbocycles. The highest BCUT2D eigenvalue weighted by Gasteiger charge is 2.23. The van der Waals surface area contributed by atoms with Crippen molar-refractivity contribution in [2.75, 3.05) is 0 Å². The number of carbonyl (C=O) groups is 1. The third kappa shape index (κ3) is 2.73. The Balaban J connectivity index is 1.56. The van der Waals surface area contributed by atoms with Gasteiger partial charge in [-0.2, -0.15) is 5.10 Å². The van der Waals surface area contributed by atoms with Crippen molar-refractivity contribution < 1.29 is 4.79 Å².